The number of ketones is 1. The third kappa shape index (κ3) is 1.36. The van der Waals surface area contributed by atoms with Crippen molar-refractivity contribution in [2.75, 3.05) is 0 Å². The van der Waals surface area contributed by atoms with Crippen molar-refractivity contribution in [3.63, 3.8) is 0 Å². The molecule has 7 heteroatoms. The first-order valence-corrected chi connectivity index (χ1v) is 5.22. The Balaban J connectivity index is 3.47. The van der Waals surface area contributed by atoms with Crippen molar-refractivity contribution in [2.45, 2.75) is 20.8 Å². The molecule has 2 atom stereocenters. The van der Waals surface area contributed by atoms with Gasteiger partial charge in [0.25, 0.3) is 0 Å². The van der Waals surface area contributed by atoms with Gasteiger partial charge in [0.05, 0.1) is 22.7 Å². The van der Waals surface area contributed by atoms with E-state index in [4.69, 9.17) is 15.3 Å². The molecule has 1 aliphatic carbocycles. The fourth-order valence-electron chi connectivity index (χ4n) is 3.16. The molecule has 100 valence electrons. The first-order valence-electron chi connectivity index (χ1n) is 5.22. The number of hydrogen-bond acceptors (Lipinski definition) is 4. The highest BCUT2D eigenvalue weighted by Crippen LogP contribution is 2.64. The van der Waals surface area contributed by atoms with Crippen molar-refractivity contribution in [2.24, 2.45) is 22.7 Å². The van der Waals surface area contributed by atoms with Gasteiger partial charge in [-0.3, -0.25) is 19.2 Å². The van der Waals surface area contributed by atoms with E-state index in [0.717, 1.165) is 13.8 Å². The van der Waals surface area contributed by atoms with Crippen molar-refractivity contribution in [3.8, 4) is 0 Å². The van der Waals surface area contributed by atoms with E-state index in [0.29, 0.717) is 0 Å². The van der Waals surface area contributed by atoms with Crippen molar-refractivity contribution >= 4 is 23.7 Å². The number of Topliss-reactive ketones (excluding diaryl/α,β-unsaturated/α-hetero) is 1. The highest BCUT2D eigenvalue weighted by atomic mass is 16.4. The number of aliphatic carboxylic acids is 3. The number of carboxylic acids is 3. The highest BCUT2D eigenvalue weighted by molar-refractivity contribution is 6.02. The van der Waals surface area contributed by atoms with Gasteiger partial charge >= 0.3 is 17.9 Å². The summed E-state index contributed by atoms with van der Waals surface area (Å²) in [6.45, 7) is 3.32. The zero-order chi connectivity index (χ0) is 14.5. The second-order valence-corrected chi connectivity index (χ2v) is 4.97. The van der Waals surface area contributed by atoms with Gasteiger partial charge in [-0.2, -0.15) is 0 Å². The molecule has 0 amide bonds. The predicted octanol–water partition coefficient (Wildman–Crippen LogP) is 0.0878. The quantitative estimate of drug-likeness (QED) is 0.651. The molecule has 0 saturated heterocycles. The largest absolute Gasteiger partial charge is 0.481 e. The van der Waals surface area contributed by atoms with Crippen molar-refractivity contribution in [1.29, 1.82) is 0 Å². The van der Waals surface area contributed by atoms with Gasteiger partial charge in [-0.1, -0.05) is 6.92 Å². The first kappa shape index (κ1) is 14.1. The smallest absolute Gasteiger partial charge is 0.311 e. The van der Waals surface area contributed by atoms with Crippen LogP contribution in [-0.2, 0) is 19.2 Å². The Morgan fingerprint density at radius 1 is 0.833 bits per heavy atom. The molecule has 2 unspecified atom stereocenters. The second kappa shape index (κ2) is 3.79. The monoisotopic (exact) mass is 258 g/mol. The van der Waals surface area contributed by atoms with Gasteiger partial charge in [-0.05, 0) is 13.8 Å². The molecule has 7 nitrogen and oxygen atoms in total. The normalized spacial score (nSPS) is 38.6. The molecule has 1 aliphatic rings. The molecular weight excluding hydrogens is 244 g/mol. The Labute approximate surface area is 102 Å². The maximum atomic E-state index is 11.6. The molecule has 0 heterocycles. The fourth-order valence-corrected chi connectivity index (χ4v) is 3.16. The minimum absolute atomic E-state index is 0.638. The van der Waals surface area contributed by atoms with E-state index < -0.39 is 46.4 Å². The molecular formula is C11H14O7. The zero-order valence-corrected chi connectivity index (χ0v) is 10.1. The zero-order valence-electron chi connectivity index (χ0n) is 10.1. The minimum atomic E-state index is -1.99. The van der Waals surface area contributed by atoms with E-state index in [1.165, 1.54) is 6.92 Å². The van der Waals surface area contributed by atoms with Crippen LogP contribution in [0.5, 0.6) is 0 Å². The molecule has 3 N–H and O–H groups in total. The van der Waals surface area contributed by atoms with Gasteiger partial charge in [0.15, 0.2) is 0 Å². The molecule has 0 aromatic rings. The van der Waals surface area contributed by atoms with Crippen molar-refractivity contribution < 1.29 is 34.5 Å². The molecule has 0 aromatic carbocycles. The summed E-state index contributed by atoms with van der Waals surface area (Å²) in [7, 11) is 0. The Bertz CT molecular complexity index is 400. The molecule has 0 radical (unpaired) electrons. The Kier molecular flexibility index (Phi) is 2.98. The lowest BCUT2D eigenvalue weighted by Gasteiger charge is -2.58. The maximum absolute atomic E-state index is 11.6. The maximum Gasteiger partial charge on any atom is 0.311 e. The molecule has 1 saturated carbocycles. The van der Waals surface area contributed by atoms with Crippen LogP contribution in [0.1, 0.15) is 20.8 Å². The van der Waals surface area contributed by atoms with Crippen LogP contribution in [0.4, 0.5) is 0 Å². The summed E-state index contributed by atoms with van der Waals surface area (Å²) in [5.74, 6) is -8.23. The molecule has 0 aromatic heterocycles. The lowest BCUT2D eigenvalue weighted by Crippen LogP contribution is -2.72. The average Bonchev–Trinajstić information content (AvgIpc) is 2.13. The Hall–Kier alpha value is -1.92. The van der Waals surface area contributed by atoms with E-state index in [9.17, 15) is 19.2 Å². The number of carbonyl (C=O) groups is 4. The third-order valence-electron chi connectivity index (χ3n) is 4.11. The molecule has 0 bridgehead atoms. The number of rotatable bonds is 4. The second-order valence-electron chi connectivity index (χ2n) is 4.97. The van der Waals surface area contributed by atoms with E-state index in [2.05, 4.69) is 0 Å². The van der Waals surface area contributed by atoms with E-state index >= 15 is 0 Å². The summed E-state index contributed by atoms with van der Waals surface area (Å²) in [6.07, 6.45) is 0. The Morgan fingerprint density at radius 2 is 1.17 bits per heavy atom. The topological polar surface area (TPSA) is 129 Å². The molecule has 1 rings (SSSR count). The predicted molar refractivity (Wildman–Crippen MR) is 56.8 cm³/mol. The van der Waals surface area contributed by atoms with Crippen molar-refractivity contribution in [1.82, 2.24) is 0 Å². The Morgan fingerprint density at radius 3 is 1.33 bits per heavy atom. The SMILES string of the molecule is CC(=O)C1(C)C(C(=O)O)C(C)(C(=O)O)C1C(=O)O. The van der Waals surface area contributed by atoms with E-state index in [1.54, 1.807) is 0 Å². The van der Waals surface area contributed by atoms with Gasteiger partial charge in [0, 0.05) is 0 Å². The van der Waals surface area contributed by atoms with Gasteiger partial charge in [-0.25, -0.2) is 0 Å². The third-order valence-corrected chi connectivity index (χ3v) is 4.11. The minimum Gasteiger partial charge on any atom is -0.481 e. The van der Waals surface area contributed by atoms with Crippen LogP contribution < -0.4 is 0 Å². The van der Waals surface area contributed by atoms with Crippen LogP contribution >= 0.6 is 0 Å². The van der Waals surface area contributed by atoms with Crippen LogP contribution in [0, 0.1) is 22.7 Å². The van der Waals surface area contributed by atoms with Crippen LogP contribution in [-0.4, -0.2) is 39.0 Å². The molecule has 0 aliphatic heterocycles. The van der Waals surface area contributed by atoms with Crippen LogP contribution in [0.2, 0.25) is 0 Å². The summed E-state index contributed by atoms with van der Waals surface area (Å²) in [5, 5.41) is 27.3. The van der Waals surface area contributed by atoms with E-state index in [-0.39, 0.29) is 0 Å². The van der Waals surface area contributed by atoms with Crippen LogP contribution in [0.15, 0.2) is 0 Å². The summed E-state index contributed by atoms with van der Waals surface area (Å²) in [4.78, 5) is 45.1. The molecule has 0 spiro atoms. The van der Waals surface area contributed by atoms with Gasteiger partial charge in [0.1, 0.15) is 5.78 Å². The van der Waals surface area contributed by atoms with Gasteiger partial charge < -0.3 is 15.3 Å². The van der Waals surface area contributed by atoms with Crippen molar-refractivity contribution in [3.05, 3.63) is 0 Å². The van der Waals surface area contributed by atoms with E-state index in [1.807, 2.05) is 0 Å². The average molecular weight is 258 g/mol. The van der Waals surface area contributed by atoms with Crippen LogP contribution in [0.25, 0.3) is 0 Å². The fraction of sp³-hybridized carbons (Fsp3) is 0.636. The number of hydrogen-bond donors (Lipinski definition) is 3. The van der Waals surface area contributed by atoms with Gasteiger partial charge in [0.2, 0.25) is 0 Å². The summed E-state index contributed by atoms with van der Waals surface area (Å²) in [6, 6.07) is 0. The number of carboxylic acid groups (broad SMARTS) is 3. The lowest BCUT2D eigenvalue weighted by molar-refractivity contribution is -0.222. The summed E-state index contributed by atoms with van der Waals surface area (Å²) < 4.78 is 0. The number of carbonyl (C=O) groups excluding carboxylic acids is 1. The molecule has 1 fully saturated rings. The molecule has 18 heavy (non-hydrogen) atoms. The standard InChI is InChI=1S/C11H14O7/c1-4(12)10(2)5(7(13)14)11(3,9(17)18)6(10)8(15)16/h5-6H,1-3H3,(H,13,14)(H,15,16)(H,17,18). The first-order chi connectivity index (χ1) is 8.02. The lowest BCUT2D eigenvalue weighted by atomic mass is 9.38. The van der Waals surface area contributed by atoms with Crippen LogP contribution in [0.3, 0.4) is 0 Å². The van der Waals surface area contributed by atoms with Gasteiger partial charge in [-0.15, -0.1) is 0 Å². The summed E-state index contributed by atoms with van der Waals surface area (Å²) >= 11 is 0. The summed E-state index contributed by atoms with van der Waals surface area (Å²) in [5.41, 5.74) is -3.69. The highest BCUT2D eigenvalue weighted by Gasteiger charge is 2.77.